The molecule has 0 saturated heterocycles. The predicted molar refractivity (Wildman–Crippen MR) is 110 cm³/mol. The highest BCUT2D eigenvalue weighted by molar-refractivity contribution is 7.91. The van der Waals surface area contributed by atoms with Gasteiger partial charge in [-0.3, -0.25) is 4.98 Å². The van der Waals surface area contributed by atoms with Gasteiger partial charge in [-0.25, -0.2) is 12.8 Å². The molecule has 30 heavy (non-hydrogen) atoms. The van der Waals surface area contributed by atoms with Crippen molar-refractivity contribution < 1.29 is 17.2 Å². The normalized spacial score (nSPS) is 11.4. The van der Waals surface area contributed by atoms with Crippen molar-refractivity contribution in [2.75, 3.05) is 5.32 Å². The van der Waals surface area contributed by atoms with Gasteiger partial charge in [0.1, 0.15) is 5.82 Å². The molecule has 8 heteroatoms. The third-order valence-electron chi connectivity index (χ3n) is 4.43. The minimum absolute atomic E-state index is 0.0151. The molecule has 4 rings (SSSR count). The van der Waals surface area contributed by atoms with Crippen LogP contribution in [0.25, 0.3) is 11.5 Å². The van der Waals surface area contributed by atoms with Gasteiger partial charge in [0.25, 0.3) is 0 Å². The Hall–Kier alpha value is -3.52. The Morgan fingerprint density at radius 2 is 1.87 bits per heavy atom. The van der Waals surface area contributed by atoms with Gasteiger partial charge in [-0.15, -0.1) is 0 Å². The number of anilines is 1. The van der Waals surface area contributed by atoms with Gasteiger partial charge in [-0.05, 0) is 48.9 Å². The lowest BCUT2D eigenvalue weighted by Crippen LogP contribution is -2.08. The second-order valence-electron chi connectivity index (χ2n) is 6.69. The summed E-state index contributed by atoms with van der Waals surface area (Å²) < 4.78 is 45.8. The lowest BCUT2D eigenvalue weighted by Gasteiger charge is -2.06. The molecule has 2 aromatic heterocycles. The first-order valence-electron chi connectivity index (χ1n) is 9.15. The number of aromatic nitrogens is 2. The molecule has 0 unspecified atom stereocenters. The van der Waals surface area contributed by atoms with Crippen LogP contribution < -0.4 is 5.32 Å². The predicted octanol–water partition coefficient (Wildman–Crippen LogP) is 4.63. The van der Waals surface area contributed by atoms with Crippen LogP contribution in [0.4, 0.5) is 10.3 Å². The van der Waals surface area contributed by atoms with Crippen LogP contribution in [0, 0.1) is 12.7 Å². The second kappa shape index (κ2) is 8.08. The first kappa shape index (κ1) is 19.8. The summed E-state index contributed by atoms with van der Waals surface area (Å²) >= 11 is 0. The highest BCUT2D eigenvalue weighted by atomic mass is 32.2. The number of halogens is 1. The number of hydrogen-bond acceptors (Lipinski definition) is 6. The quantitative estimate of drug-likeness (QED) is 0.487. The topological polar surface area (TPSA) is 85.1 Å². The average molecular weight is 423 g/mol. The Morgan fingerprint density at radius 1 is 1.07 bits per heavy atom. The molecular formula is C22H18FN3O3S. The van der Waals surface area contributed by atoms with E-state index in [4.69, 9.17) is 4.42 Å². The Bertz CT molecular complexity index is 1270. The summed E-state index contributed by atoms with van der Waals surface area (Å²) in [6.45, 7) is 2.22. The molecule has 0 aliphatic carbocycles. The minimum Gasteiger partial charge on any atom is -0.419 e. The molecule has 0 bridgehead atoms. The van der Waals surface area contributed by atoms with Gasteiger partial charge in [0, 0.05) is 24.5 Å². The number of pyridine rings is 1. The summed E-state index contributed by atoms with van der Waals surface area (Å²) in [7, 11) is -4.11. The molecule has 0 spiro atoms. The number of oxazole rings is 1. The zero-order valence-corrected chi connectivity index (χ0v) is 16.9. The van der Waals surface area contributed by atoms with Crippen molar-refractivity contribution in [3.63, 3.8) is 0 Å². The summed E-state index contributed by atoms with van der Waals surface area (Å²) in [5.41, 5.74) is 2.51. The number of nitrogens with zero attached hydrogens (tertiary/aromatic N) is 2. The third kappa shape index (κ3) is 4.08. The van der Waals surface area contributed by atoms with E-state index >= 15 is 0 Å². The van der Waals surface area contributed by atoms with Crippen LogP contribution in [0.5, 0.6) is 0 Å². The number of nitrogens with one attached hydrogen (secondary N) is 1. The number of sulfone groups is 1. The molecule has 0 fully saturated rings. The molecule has 2 heterocycles. The van der Waals surface area contributed by atoms with Gasteiger partial charge in [-0.1, -0.05) is 29.8 Å². The van der Waals surface area contributed by atoms with E-state index in [2.05, 4.69) is 15.3 Å². The summed E-state index contributed by atoms with van der Waals surface area (Å²) in [6.07, 6.45) is 3.30. The molecule has 0 amide bonds. The van der Waals surface area contributed by atoms with Crippen molar-refractivity contribution in [2.45, 2.75) is 23.4 Å². The highest BCUT2D eigenvalue weighted by Crippen LogP contribution is 2.33. The second-order valence-corrected chi connectivity index (χ2v) is 8.56. The van der Waals surface area contributed by atoms with E-state index in [1.165, 1.54) is 18.2 Å². The third-order valence-corrected chi connectivity index (χ3v) is 6.09. The largest absolute Gasteiger partial charge is 0.419 e. The van der Waals surface area contributed by atoms with Gasteiger partial charge in [0.2, 0.25) is 26.6 Å². The number of aryl methyl sites for hydroxylation is 1. The smallest absolute Gasteiger partial charge is 0.234 e. The first-order valence-corrected chi connectivity index (χ1v) is 10.6. The molecule has 2 aromatic carbocycles. The molecule has 6 nitrogen and oxygen atoms in total. The Morgan fingerprint density at radius 3 is 2.57 bits per heavy atom. The Kier molecular flexibility index (Phi) is 5.33. The summed E-state index contributed by atoms with van der Waals surface area (Å²) in [4.78, 5) is 8.09. The van der Waals surface area contributed by atoms with Gasteiger partial charge >= 0.3 is 0 Å². The molecule has 0 atom stereocenters. The van der Waals surface area contributed by atoms with Crippen LogP contribution in [0.15, 0.2) is 87.4 Å². The fraction of sp³-hybridized carbons (Fsp3) is 0.0909. The maximum absolute atomic E-state index is 13.7. The zero-order valence-electron chi connectivity index (χ0n) is 16.0. The molecule has 152 valence electrons. The van der Waals surface area contributed by atoms with Crippen LogP contribution in [0.2, 0.25) is 0 Å². The van der Waals surface area contributed by atoms with Crippen molar-refractivity contribution in [3.05, 3.63) is 90.0 Å². The van der Waals surface area contributed by atoms with Crippen LogP contribution in [0.1, 0.15) is 11.1 Å². The summed E-state index contributed by atoms with van der Waals surface area (Å²) in [5.74, 6) is -0.513. The molecular weight excluding hydrogens is 405 g/mol. The van der Waals surface area contributed by atoms with E-state index < -0.39 is 15.7 Å². The first-order chi connectivity index (χ1) is 14.4. The molecule has 0 radical (unpaired) electrons. The number of benzene rings is 2. The average Bonchev–Trinajstić information content (AvgIpc) is 3.19. The van der Waals surface area contributed by atoms with Crippen molar-refractivity contribution in [1.29, 1.82) is 0 Å². The van der Waals surface area contributed by atoms with Crippen molar-refractivity contribution in [3.8, 4) is 11.5 Å². The Balaban J connectivity index is 1.77. The Labute approximate surface area is 173 Å². The fourth-order valence-corrected chi connectivity index (χ4v) is 4.16. The van der Waals surface area contributed by atoms with E-state index in [0.717, 1.165) is 17.2 Å². The van der Waals surface area contributed by atoms with Gasteiger partial charge in [0.05, 0.1) is 4.90 Å². The van der Waals surface area contributed by atoms with Crippen LogP contribution >= 0.6 is 0 Å². The van der Waals surface area contributed by atoms with Crippen LogP contribution in [-0.2, 0) is 16.4 Å². The van der Waals surface area contributed by atoms with E-state index in [1.807, 2.05) is 25.1 Å². The molecule has 4 aromatic rings. The lowest BCUT2D eigenvalue weighted by atomic mass is 10.1. The zero-order chi connectivity index (χ0) is 21.1. The molecule has 1 N–H and O–H groups in total. The van der Waals surface area contributed by atoms with Gasteiger partial charge in [-0.2, -0.15) is 4.98 Å². The molecule has 0 saturated carbocycles. The monoisotopic (exact) mass is 423 g/mol. The minimum atomic E-state index is -4.11. The van der Waals surface area contributed by atoms with Crippen molar-refractivity contribution >= 4 is 15.7 Å². The lowest BCUT2D eigenvalue weighted by molar-refractivity contribution is 0.575. The summed E-state index contributed by atoms with van der Waals surface area (Å²) in [5, 5.41) is 2.68. The maximum atomic E-state index is 13.7. The van der Waals surface area contributed by atoms with Gasteiger partial charge in [0.15, 0.2) is 0 Å². The van der Waals surface area contributed by atoms with E-state index in [0.29, 0.717) is 5.56 Å². The van der Waals surface area contributed by atoms with E-state index in [9.17, 15) is 12.8 Å². The number of rotatable bonds is 6. The van der Waals surface area contributed by atoms with Crippen molar-refractivity contribution in [2.24, 2.45) is 0 Å². The maximum Gasteiger partial charge on any atom is 0.234 e. The SMILES string of the molecule is Cc1ccc(-c2nc(S(=O)(=O)c3cccc(F)c3)c(NCc3cccnc3)o2)cc1. The highest BCUT2D eigenvalue weighted by Gasteiger charge is 2.29. The molecule has 0 aliphatic rings. The van der Waals surface area contributed by atoms with Crippen LogP contribution in [-0.4, -0.2) is 18.4 Å². The van der Waals surface area contributed by atoms with E-state index in [1.54, 1.807) is 30.6 Å². The number of hydrogen-bond donors (Lipinski definition) is 1. The standard InChI is InChI=1S/C22H18FN3O3S/c1-15-7-9-17(10-8-15)20-26-22(30(27,28)19-6-2-5-18(23)12-19)21(29-20)25-14-16-4-3-11-24-13-16/h2-13,25H,14H2,1H3. The van der Waals surface area contributed by atoms with Crippen molar-refractivity contribution in [1.82, 2.24) is 9.97 Å². The fourth-order valence-electron chi connectivity index (χ4n) is 2.85. The van der Waals surface area contributed by atoms with Gasteiger partial charge < -0.3 is 9.73 Å². The van der Waals surface area contributed by atoms with E-state index in [-0.39, 0.29) is 28.2 Å². The molecule has 0 aliphatic heterocycles. The van der Waals surface area contributed by atoms with Crippen LogP contribution in [0.3, 0.4) is 0 Å². The summed E-state index contributed by atoms with van der Waals surface area (Å²) in [6, 6.07) is 15.8.